The van der Waals surface area contributed by atoms with Gasteiger partial charge in [-0.3, -0.25) is 0 Å². The van der Waals surface area contributed by atoms with Gasteiger partial charge in [0.05, 0.1) is 24.2 Å². The zero-order valence-corrected chi connectivity index (χ0v) is 19.1. The van der Waals surface area contributed by atoms with Crippen molar-refractivity contribution in [1.82, 2.24) is 9.97 Å². The van der Waals surface area contributed by atoms with Crippen molar-refractivity contribution in [2.45, 2.75) is 32.7 Å². The van der Waals surface area contributed by atoms with E-state index in [1.807, 2.05) is 55.5 Å². The Labute approximate surface area is 197 Å². The van der Waals surface area contributed by atoms with E-state index in [9.17, 15) is 9.18 Å². The van der Waals surface area contributed by atoms with Gasteiger partial charge in [0, 0.05) is 18.4 Å². The summed E-state index contributed by atoms with van der Waals surface area (Å²) in [5, 5.41) is 3.20. The van der Waals surface area contributed by atoms with E-state index in [0.717, 1.165) is 16.9 Å². The second kappa shape index (κ2) is 10.7. The standard InChI is InChI=1S/C27H26FN3O3/c1-3-33-27(32)24(16-22-13-12-18(2)34-22)31-26-23(15-19-8-7-11-21(28)14-19)30-25(17-29-26)20-9-5-4-6-10-20/h4-14,17,24H,3,15-16H2,1-2H3,(H,29,31). The number of furan rings is 1. The Balaban J connectivity index is 1.69. The number of benzene rings is 2. The quantitative estimate of drug-likeness (QED) is 0.340. The van der Waals surface area contributed by atoms with Gasteiger partial charge >= 0.3 is 5.97 Å². The number of halogens is 1. The van der Waals surface area contributed by atoms with E-state index < -0.39 is 12.0 Å². The smallest absolute Gasteiger partial charge is 0.329 e. The lowest BCUT2D eigenvalue weighted by molar-refractivity contribution is -0.144. The first kappa shape index (κ1) is 23.2. The van der Waals surface area contributed by atoms with E-state index in [0.29, 0.717) is 29.4 Å². The Morgan fingerprint density at radius 2 is 1.94 bits per heavy atom. The summed E-state index contributed by atoms with van der Waals surface area (Å²) in [7, 11) is 0. The molecule has 34 heavy (non-hydrogen) atoms. The fourth-order valence-corrected chi connectivity index (χ4v) is 3.66. The van der Waals surface area contributed by atoms with Crippen molar-refractivity contribution in [3.63, 3.8) is 0 Å². The Morgan fingerprint density at radius 1 is 1.12 bits per heavy atom. The van der Waals surface area contributed by atoms with Gasteiger partial charge in [-0.2, -0.15) is 0 Å². The Bertz CT molecular complexity index is 1260. The molecule has 0 amide bonds. The van der Waals surface area contributed by atoms with E-state index in [-0.39, 0.29) is 18.8 Å². The third kappa shape index (κ3) is 5.86. The highest BCUT2D eigenvalue weighted by molar-refractivity contribution is 5.79. The molecule has 1 N–H and O–H groups in total. The monoisotopic (exact) mass is 459 g/mol. The number of anilines is 1. The fourth-order valence-electron chi connectivity index (χ4n) is 3.66. The van der Waals surface area contributed by atoms with Crippen LogP contribution in [0.4, 0.5) is 10.2 Å². The molecule has 0 radical (unpaired) electrons. The van der Waals surface area contributed by atoms with Crippen LogP contribution in [0.1, 0.15) is 29.7 Å². The molecule has 1 atom stereocenters. The molecule has 4 aromatic rings. The minimum Gasteiger partial charge on any atom is -0.466 e. The molecule has 0 fully saturated rings. The van der Waals surface area contributed by atoms with Crippen LogP contribution in [0, 0.1) is 12.7 Å². The molecule has 0 spiro atoms. The summed E-state index contributed by atoms with van der Waals surface area (Å²) < 4.78 is 24.8. The second-order valence-electron chi connectivity index (χ2n) is 7.89. The molecule has 0 aliphatic carbocycles. The van der Waals surface area contributed by atoms with E-state index in [1.165, 1.54) is 12.1 Å². The number of aromatic nitrogens is 2. The highest BCUT2D eigenvalue weighted by Gasteiger charge is 2.24. The molecule has 1 unspecified atom stereocenters. The molecule has 2 aromatic heterocycles. The minimum atomic E-state index is -0.728. The van der Waals surface area contributed by atoms with E-state index in [1.54, 1.807) is 19.2 Å². The van der Waals surface area contributed by atoms with Gasteiger partial charge in [0.25, 0.3) is 0 Å². The van der Waals surface area contributed by atoms with Gasteiger partial charge in [0.2, 0.25) is 0 Å². The van der Waals surface area contributed by atoms with Crippen LogP contribution in [0.25, 0.3) is 11.3 Å². The molecule has 0 aliphatic heterocycles. The van der Waals surface area contributed by atoms with Crippen molar-refractivity contribution < 1.29 is 18.3 Å². The van der Waals surface area contributed by atoms with Crippen LogP contribution in [-0.4, -0.2) is 28.6 Å². The number of nitrogens with zero attached hydrogens (tertiary/aromatic N) is 2. The molecule has 2 aromatic carbocycles. The van der Waals surface area contributed by atoms with Gasteiger partial charge < -0.3 is 14.5 Å². The fraction of sp³-hybridized carbons (Fsp3) is 0.222. The van der Waals surface area contributed by atoms with E-state index >= 15 is 0 Å². The minimum absolute atomic E-state index is 0.253. The molecule has 0 saturated carbocycles. The Kier molecular flexibility index (Phi) is 7.32. The molecule has 2 heterocycles. The zero-order chi connectivity index (χ0) is 23.9. The SMILES string of the molecule is CCOC(=O)C(Cc1ccc(C)o1)Nc1ncc(-c2ccccc2)nc1Cc1cccc(F)c1. The highest BCUT2D eigenvalue weighted by Crippen LogP contribution is 2.23. The van der Waals surface area contributed by atoms with Crippen molar-refractivity contribution in [2.24, 2.45) is 0 Å². The maximum atomic E-state index is 13.8. The molecule has 7 heteroatoms. The third-order valence-electron chi connectivity index (χ3n) is 5.26. The zero-order valence-electron chi connectivity index (χ0n) is 19.1. The average Bonchev–Trinajstić information content (AvgIpc) is 3.25. The summed E-state index contributed by atoms with van der Waals surface area (Å²) in [5.74, 6) is 1.12. The highest BCUT2D eigenvalue weighted by atomic mass is 19.1. The summed E-state index contributed by atoms with van der Waals surface area (Å²) in [6.45, 7) is 3.86. The van der Waals surface area contributed by atoms with Gasteiger partial charge in [-0.25, -0.2) is 19.2 Å². The number of hydrogen-bond donors (Lipinski definition) is 1. The molecule has 0 saturated heterocycles. The maximum absolute atomic E-state index is 13.8. The van der Waals surface area contributed by atoms with Crippen LogP contribution in [0.15, 0.2) is 77.3 Å². The van der Waals surface area contributed by atoms with E-state index in [4.69, 9.17) is 14.1 Å². The topological polar surface area (TPSA) is 77.2 Å². The van der Waals surface area contributed by atoms with Gasteiger partial charge in [-0.15, -0.1) is 0 Å². The molecular formula is C27H26FN3O3. The van der Waals surface area contributed by atoms with Crippen molar-refractivity contribution in [3.05, 3.63) is 102 Å². The number of carbonyl (C=O) groups is 1. The number of nitrogens with one attached hydrogen (secondary N) is 1. The third-order valence-corrected chi connectivity index (χ3v) is 5.26. The first-order valence-corrected chi connectivity index (χ1v) is 11.2. The van der Waals surface area contributed by atoms with E-state index in [2.05, 4.69) is 10.3 Å². The average molecular weight is 460 g/mol. The molecule has 0 bridgehead atoms. The van der Waals surface area contributed by atoms with Gasteiger partial charge in [0.1, 0.15) is 29.2 Å². The lowest BCUT2D eigenvalue weighted by Crippen LogP contribution is -2.34. The summed E-state index contributed by atoms with van der Waals surface area (Å²) in [6.07, 6.45) is 2.28. The predicted molar refractivity (Wildman–Crippen MR) is 128 cm³/mol. The van der Waals surface area contributed by atoms with Crippen molar-refractivity contribution in [2.75, 3.05) is 11.9 Å². The first-order chi connectivity index (χ1) is 16.5. The van der Waals surface area contributed by atoms with Crippen LogP contribution in [0.5, 0.6) is 0 Å². The molecule has 4 rings (SSSR count). The largest absolute Gasteiger partial charge is 0.466 e. The summed E-state index contributed by atoms with van der Waals surface area (Å²) in [4.78, 5) is 22.1. The number of esters is 1. The molecular weight excluding hydrogens is 433 g/mol. The number of rotatable bonds is 9. The molecule has 174 valence electrons. The van der Waals surface area contributed by atoms with Crippen LogP contribution in [0.3, 0.4) is 0 Å². The maximum Gasteiger partial charge on any atom is 0.329 e. The summed E-state index contributed by atoms with van der Waals surface area (Å²) in [6, 6.07) is 19.0. The lowest BCUT2D eigenvalue weighted by atomic mass is 10.1. The van der Waals surface area contributed by atoms with Crippen molar-refractivity contribution in [1.29, 1.82) is 0 Å². The number of carbonyl (C=O) groups excluding carboxylic acids is 1. The Morgan fingerprint density at radius 3 is 2.65 bits per heavy atom. The van der Waals surface area contributed by atoms with Gasteiger partial charge in [-0.05, 0) is 43.7 Å². The lowest BCUT2D eigenvalue weighted by Gasteiger charge is -2.19. The molecule has 6 nitrogen and oxygen atoms in total. The first-order valence-electron chi connectivity index (χ1n) is 11.2. The molecule has 0 aliphatic rings. The Hall–Kier alpha value is -4.00. The van der Waals surface area contributed by atoms with Crippen LogP contribution < -0.4 is 5.32 Å². The van der Waals surface area contributed by atoms with Gasteiger partial charge in [0.15, 0.2) is 0 Å². The number of hydrogen-bond acceptors (Lipinski definition) is 6. The second-order valence-corrected chi connectivity index (χ2v) is 7.89. The summed E-state index contributed by atoms with van der Waals surface area (Å²) in [5.41, 5.74) is 2.94. The van der Waals surface area contributed by atoms with Crippen LogP contribution in [0.2, 0.25) is 0 Å². The number of ether oxygens (including phenoxy) is 1. The van der Waals surface area contributed by atoms with Crippen LogP contribution in [-0.2, 0) is 22.4 Å². The van der Waals surface area contributed by atoms with Gasteiger partial charge in [-0.1, -0.05) is 42.5 Å². The summed E-state index contributed by atoms with van der Waals surface area (Å²) >= 11 is 0. The van der Waals surface area contributed by atoms with Crippen molar-refractivity contribution in [3.8, 4) is 11.3 Å². The predicted octanol–water partition coefficient (Wildman–Crippen LogP) is 5.36. The van der Waals surface area contributed by atoms with Crippen LogP contribution >= 0.6 is 0 Å². The van der Waals surface area contributed by atoms with Crippen molar-refractivity contribution >= 4 is 11.8 Å². The normalized spacial score (nSPS) is 11.7. The number of aryl methyl sites for hydroxylation is 1.